The number of ether oxygens (including phenoxy) is 1. The number of para-hydroxylation sites is 1. The number of nitrogens with zero attached hydrogens (tertiary/aromatic N) is 5. The molecule has 31 heavy (non-hydrogen) atoms. The fraction of sp³-hybridized carbons (Fsp3) is 0.409. The molecular weight excluding hydrogens is 396 g/mol. The molecule has 1 N–H and O–H groups in total. The van der Waals surface area contributed by atoms with Crippen molar-refractivity contribution in [3.05, 3.63) is 54.4 Å². The molecule has 0 radical (unpaired) electrons. The van der Waals surface area contributed by atoms with E-state index in [-0.39, 0.29) is 18.4 Å². The standard InChI is InChI=1S/C22H28N6O3/c1-3-4-13-27(20(29)16-28-19-10-6-5-9-18(19)25-26-28)21(17-8-7-11-23-15-17)22(30)24-12-14-31-2/h5-11,15,21H,3-4,12-14,16H2,1-2H3,(H,24,30). The normalized spacial score (nSPS) is 11.9. The van der Waals surface area contributed by atoms with E-state index in [4.69, 9.17) is 4.74 Å². The first kappa shape index (κ1) is 22.4. The largest absolute Gasteiger partial charge is 0.383 e. The van der Waals surface area contributed by atoms with Crippen molar-refractivity contribution >= 4 is 22.8 Å². The van der Waals surface area contributed by atoms with Gasteiger partial charge < -0.3 is 15.0 Å². The maximum Gasteiger partial charge on any atom is 0.247 e. The van der Waals surface area contributed by atoms with E-state index in [1.807, 2.05) is 37.3 Å². The highest BCUT2D eigenvalue weighted by atomic mass is 16.5. The number of hydrogen-bond acceptors (Lipinski definition) is 6. The minimum Gasteiger partial charge on any atom is -0.383 e. The lowest BCUT2D eigenvalue weighted by atomic mass is 10.1. The summed E-state index contributed by atoms with van der Waals surface area (Å²) in [6.07, 6.45) is 4.92. The number of benzene rings is 1. The maximum atomic E-state index is 13.4. The van der Waals surface area contributed by atoms with Crippen LogP contribution in [0.2, 0.25) is 0 Å². The summed E-state index contributed by atoms with van der Waals surface area (Å²) in [5, 5.41) is 11.1. The molecule has 0 saturated carbocycles. The first-order valence-electron chi connectivity index (χ1n) is 10.4. The van der Waals surface area contributed by atoms with Gasteiger partial charge in [-0.2, -0.15) is 0 Å². The van der Waals surface area contributed by atoms with Crippen LogP contribution in [0.5, 0.6) is 0 Å². The fourth-order valence-corrected chi connectivity index (χ4v) is 3.36. The van der Waals surface area contributed by atoms with E-state index in [1.54, 1.807) is 35.2 Å². The lowest BCUT2D eigenvalue weighted by Gasteiger charge is -2.31. The SMILES string of the molecule is CCCCN(C(=O)Cn1nnc2ccccc21)C(C(=O)NCCOC)c1cccnc1. The third-order valence-electron chi connectivity index (χ3n) is 4.94. The summed E-state index contributed by atoms with van der Waals surface area (Å²) in [5.41, 5.74) is 2.15. The topological polar surface area (TPSA) is 102 Å². The van der Waals surface area contributed by atoms with Gasteiger partial charge in [0, 0.05) is 38.2 Å². The van der Waals surface area contributed by atoms with Crippen LogP contribution in [0, 0.1) is 0 Å². The molecule has 3 rings (SSSR count). The van der Waals surface area contributed by atoms with Crippen LogP contribution in [-0.4, -0.2) is 63.5 Å². The van der Waals surface area contributed by atoms with Crippen LogP contribution in [0.4, 0.5) is 0 Å². The minimum atomic E-state index is -0.792. The lowest BCUT2D eigenvalue weighted by Crippen LogP contribution is -2.46. The zero-order valence-corrected chi connectivity index (χ0v) is 17.9. The van der Waals surface area contributed by atoms with Crippen LogP contribution in [0.3, 0.4) is 0 Å². The molecule has 9 heteroatoms. The van der Waals surface area contributed by atoms with Gasteiger partial charge in [0.25, 0.3) is 0 Å². The Kier molecular flexibility index (Phi) is 8.05. The highest BCUT2D eigenvalue weighted by molar-refractivity contribution is 5.89. The van der Waals surface area contributed by atoms with Crippen LogP contribution in [0.15, 0.2) is 48.8 Å². The van der Waals surface area contributed by atoms with Gasteiger partial charge in [-0.3, -0.25) is 14.6 Å². The molecule has 0 bridgehead atoms. The van der Waals surface area contributed by atoms with Gasteiger partial charge in [0.05, 0.1) is 12.1 Å². The average Bonchev–Trinajstić information content (AvgIpc) is 3.20. The lowest BCUT2D eigenvalue weighted by molar-refractivity contribution is -0.141. The number of carbonyl (C=O) groups is 2. The summed E-state index contributed by atoms with van der Waals surface area (Å²) in [6, 6.07) is 10.2. The highest BCUT2D eigenvalue weighted by Crippen LogP contribution is 2.22. The molecule has 0 aliphatic heterocycles. The zero-order chi connectivity index (χ0) is 22.1. The van der Waals surface area contributed by atoms with Crippen molar-refractivity contribution in [2.24, 2.45) is 0 Å². The Labute approximate surface area is 181 Å². The van der Waals surface area contributed by atoms with Crippen LogP contribution in [0.25, 0.3) is 11.0 Å². The molecule has 0 fully saturated rings. The van der Waals surface area contributed by atoms with Gasteiger partial charge in [-0.05, 0) is 24.6 Å². The van der Waals surface area contributed by atoms with E-state index in [1.165, 1.54) is 0 Å². The molecule has 2 heterocycles. The number of hydrogen-bond donors (Lipinski definition) is 1. The molecule has 3 aromatic rings. The van der Waals surface area contributed by atoms with E-state index in [0.29, 0.717) is 25.3 Å². The second-order valence-electron chi connectivity index (χ2n) is 7.15. The summed E-state index contributed by atoms with van der Waals surface area (Å²) >= 11 is 0. The molecule has 1 aromatic carbocycles. The first-order valence-corrected chi connectivity index (χ1v) is 10.4. The predicted molar refractivity (Wildman–Crippen MR) is 116 cm³/mol. The van der Waals surface area contributed by atoms with Crippen molar-refractivity contribution in [2.45, 2.75) is 32.4 Å². The molecule has 2 aromatic heterocycles. The van der Waals surface area contributed by atoms with Gasteiger partial charge in [0.2, 0.25) is 11.8 Å². The number of methoxy groups -OCH3 is 1. The van der Waals surface area contributed by atoms with E-state index in [9.17, 15) is 9.59 Å². The molecule has 1 unspecified atom stereocenters. The number of unbranched alkanes of at least 4 members (excludes halogenated alkanes) is 1. The molecule has 164 valence electrons. The molecule has 1 atom stereocenters. The van der Waals surface area contributed by atoms with Crippen molar-refractivity contribution in [2.75, 3.05) is 26.8 Å². The van der Waals surface area contributed by atoms with Crippen LogP contribution in [0.1, 0.15) is 31.4 Å². The number of fused-ring (bicyclic) bond motifs is 1. The third-order valence-corrected chi connectivity index (χ3v) is 4.94. The van der Waals surface area contributed by atoms with Gasteiger partial charge in [0.1, 0.15) is 18.1 Å². The van der Waals surface area contributed by atoms with Crippen molar-refractivity contribution < 1.29 is 14.3 Å². The van der Waals surface area contributed by atoms with Gasteiger partial charge in [-0.25, -0.2) is 4.68 Å². The second-order valence-corrected chi connectivity index (χ2v) is 7.15. The minimum absolute atomic E-state index is 0.00760. The molecular formula is C22H28N6O3. The summed E-state index contributed by atoms with van der Waals surface area (Å²) in [7, 11) is 1.57. The number of amides is 2. The van der Waals surface area contributed by atoms with Crippen molar-refractivity contribution in [1.29, 1.82) is 0 Å². The van der Waals surface area contributed by atoms with Gasteiger partial charge in [-0.1, -0.05) is 36.8 Å². The smallest absolute Gasteiger partial charge is 0.247 e. The molecule has 0 aliphatic carbocycles. The quantitative estimate of drug-likeness (QED) is 0.472. The highest BCUT2D eigenvalue weighted by Gasteiger charge is 2.31. The first-order chi connectivity index (χ1) is 15.2. The third kappa shape index (κ3) is 5.64. The van der Waals surface area contributed by atoms with Crippen molar-refractivity contribution in [3.63, 3.8) is 0 Å². The van der Waals surface area contributed by atoms with E-state index in [2.05, 4.69) is 20.6 Å². The Hall–Kier alpha value is -3.33. The Morgan fingerprint density at radius 2 is 2.06 bits per heavy atom. The molecule has 0 saturated heterocycles. The van der Waals surface area contributed by atoms with Crippen LogP contribution < -0.4 is 5.32 Å². The summed E-state index contributed by atoms with van der Waals surface area (Å²) < 4.78 is 6.60. The zero-order valence-electron chi connectivity index (χ0n) is 17.9. The van der Waals surface area contributed by atoms with Crippen LogP contribution >= 0.6 is 0 Å². The Morgan fingerprint density at radius 3 is 2.81 bits per heavy atom. The Bertz CT molecular complexity index is 991. The van der Waals surface area contributed by atoms with Crippen molar-refractivity contribution in [3.8, 4) is 0 Å². The number of pyridine rings is 1. The van der Waals surface area contributed by atoms with Gasteiger partial charge >= 0.3 is 0 Å². The monoisotopic (exact) mass is 424 g/mol. The predicted octanol–water partition coefficient (Wildman–Crippen LogP) is 1.96. The van der Waals surface area contributed by atoms with Gasteiger partial charge in [0.15, 0.2) is 0 Å². The number of rotatable bonds is 11. The van der Waals surface area contributed by atoms with Gasteiger partial charge in [-0.15, -0.1) is 5.10 Å². The summed E-state index contributed by atoms with van der Waals surface area (Å²) in [4.78, 5) is 32.3. The number of nitrogens with one attached hydrogen (secondary N) is 1. The molecule has 2 amide bonds. The average molecular weight is 425 g/mol. The van der Waals surface area contributed by atoms with Crippen molar-refractivity contribution in [1.82, 2.24) is 30.2 Å². The van der Waals surface area contributed by atoms with E-state index < -0.39 is 6.04 Å². The molecule has 0 aliphatic rings. The summed E-state index contributed by atoms with van der Waals surface area (Å²) in [6.45, 7) is 3.23. The Morgan fingerprint density at radius 1 is 1.23 bits per heavy atom. The Balaban J connectivity index is 1.89. The number of carbonyl (C=O) groups excluding carboxylic acids is 2. The van der Waals surface area contributed by atoms with Crippen LogP contribution in [-0.2, 0) is 20.9 Å². The molecule has 0 spiro atoms. The summed E-state index contributed by atoms with van der Waals surface area (Å²) in [5.74, 6) is -0.474. The maximum absolute atomic E-state index is 13.4. The fourth-order valence-electron chi connectivity index (χ4n) is 3.36. The van der Waals surface area contributed by atoms with E-state index in [0.717, 1.165) is 23.9 Å². The number of aromatic nitrogens is 4. The van der Waals surface area contributed by atoms with E-state index >= 15 is 0 Å². The molecule has 9 nitrogen and oxygen atoms in total. The second kappa shape index (κ2) is 11.2.